The third-order valence-electron chi connectivity index (χ3n) is 5.90. The van der Waals surface area contributed by atoms with Crippen molar-refractivity contribution in [3.63, 3.8) is 0 Å². The van der Waals surface area contributed by atoms with Crippen molar-refractivity contribution in [3.8, 4) is 28.6 Å². The molecule has 184 valence electrons. The van der Waals surface area contributed by atoms with E-state index in [0.717, 1.165) is 42.3 Å². The van der Waals surface area contributed by atoms with Gasteiger partial charge in [-0.05, 0) is 49.2 Å². The molecule has 2 aliphatic heterocycles. The van der Waals surface area contributed by atoms with Crippen molar-refractivity contribution in [1.82, 2.24) is 20.1 Å². The quantitative estimate of drug-likeness (QED) is 0.451. The molecule has 35 heavy (non-hydrogen) atoms. The predicted molar refractivity (Wildman–Crippen MR) is 131 cm³/mol. The second-order valence-electron chi connectivity index (χ2n) is 8.37. The number of rotatable bonds is 9. The van der Waals surface area contributed by atoms with E-state index in [1.54, 1.807) is 7.11 Å². The van der Waals surface area contributed by atoms with Gasteiger partial charge in [-0.1, -0.05) is 23.9 Å². The number of para-hydroxylation sites is 2. The number of carbonyl (C=O) groups is 1. The molecule has 5 rings (SSSR count). The first-order chi connectivity index (χ1) is 17.2. The number of hydrogen-bond acceptors (Lipinski definition) is 8. The fourth-order valence-corrected chi connectivity index (χ4v) is 4.86. The largest absolute Gasteiger partial charge is 0.497 e. The molecule has 1 saturated heterocycles. The summed E-state index contributed by atoms with van der Waals surface area (Å²) in [4.78, 5) is 12.6. The first-order valence-corrected chi connectivity index (χ1v) is 12.7. The summed E-state index contributed by atoms with van der Waals surface area (Å²) >= 11 is 1.36. The Bertz CT molecular complexity index is 1150. The average Bonchev–Trinajstić information content (AvgIpc) is 3.56. The summed E-state index contributed by atoms with van der Waals surface area (Å²) in [6.07, 6.45) is 1.93. The zero-order valence-electron chi connectivity index (χ0n) is 19.5. The van der Waals surface area contributed by atoms with E-state index in [0.29, 0.717) is 30.6 Å². The van der Waals surface area contributed by atoms with Gasteiger partial charge in [0.25, 0.3) is 0 Å². The second kappa shape index (κ2) is 11.0. The highest BCUT2D eigenvalue weighted by atomic mass is 32.2. The molecule has 2 unspecified atom stereocenters. The van der Waals surface area contributed by atoms with E-state index in [2.05, 4.69) is 15.5 Å². The van der Waals surface area contributed by atoms with Crippen LogP contribution in [-0.2, 0) is 16.1 Å². The highest BCUT2D eigenvalue weighted by Crippen LogP contribution is 2.31. The molecule has 9 nitrogen and oxygen atoms in total. The van der Waals surface area contributed by atoms with Gasteiger partial charge in [0.1, 0.15) is 18.5 Å². The van der Waals surface area contributed by atoms with Gasteiger partial charge in [-0.15, -0.1) is 10.2 Å². The molecule has 3 aromatic rings. The van der Waals surface area contributed by atoms with E-state index in [1.807, 2.05) is 53.1 Å². The van der Waals surface area contributed by atoms with Gasteiger partial charge in [0.05, 0.1) is 32.1 Å². The Morgan fingerprint density at radius 3 is 2.74 bits per heavy atom. The van der Waals surface area contributed by atoms with Crippen molar-refractivity contribution in [2.45, 2.75) is 36.8 Å². The van der Waals surface area contributed by atoms with Gasteiger partial charge in [-0.3, -0.25) is 9.36 Å². The summed E-state index contributed by atoms with van der Waals surface area (Å²) in [7, 11) is 1.64. The van der Waals surface area contributed by atoms with Crippen molar-refractivity contribution >= 4 is 17.7 Å². The van der Waals surface area contributed by atoms with E-state index in [9.17, 15) is 4.79 Å². The minimum atomic E-state index is -0.233. The van der Waals surface area contributed by atoms with Gasteiger partial charge in [0.15, 0.2) is 22.5 Å². The highest BCUT2D eigenvalue weighted by Gasteiger charge is 2.24. The summed E-state index contributed by atoms with van der Waals surface area (Å²) in [6.45, 7) is 2.18. The number of thioether (sulfide) groups is 1. The lowest BCUT2D eigenvalue weighted by Crippen LogP contribution is -2.41. The Balaban J connectivity index is 1.21. The molecular weight excluding hydrogens is 468 g/mol. The molecule has 3 heterocycles. The Morgan fingerprint density at radius 1 is 1.14 bits per heavy atom. The number of carbonyl (C=O) groups excluding carboxylic acids is 1. The third-order valence-corrected chi connectivity index (χ3v) is 6.87. The number of hydrogen-bond donors (Lipinski definition) is 1. The van der Waals surface area contributed by atoms with Crippen LogP contribution in [-0.4, -0.2) is 65.5 Å². The number of amides is 1. The van der Waals surface area contributed by atoms with Crippen molar-refractivity contribution < 1.29 is 23.7 Å². The number of methoxy groups -OCH3 is 1. The number of nitrogens with zero attached hydrogens (tertiary/aromatic N) is 3. The Hall–Kier alpha value is -3.24. The van der Waals surface area contributed by atoms with Crippen molar-refractivity contribution in [3.05, 3.63) is 48.5 Å². The molecule has 1 amide bonds. The van der Waals surface area contributed by atoms with Crippen molar-refractivity contribution in [1.29, 1.82) is 0 Å². The van der Waals surface area contributed by atoms with Gasteiger partial charge in [-0.25, -0.2) is 0 Å². The van der Waals surface area contributed by atoms with Crippen molar-refractivity contribution in [2.75, 3.05) is 32.6 Å². The Labute approximate surface area is 208 Å². The molecule has 2 atom stereocenters. The van der Waals surface area contributed by atoms with E-state index < -0.39 is 0 Å². The molecular formula is C25H28N4O5S. The summed E-state index contributed by atoms with van der Waals surface area (Å²) in [6, 6.07) is 15.2. The van der Waals surface area contributed by atoms with Crippen LogP contribution in [0.15, 0.2) is 53.7 Å². The van der Waals surface area contributed by atoms with Crippen LogP contribution >= 0.6 is 11.8 Å². The normalized spacial score (nSPS) is 18.9. The van der Waals surface area contributed by atoms with E-state index >= 15 is 0 Å². The lowest BCUT2D eigenvalue weighted by atomic mass is 10.2. The third kappa shape index (κ3) is 5.71. The van der Waals surface area contributed by atoms with Crippen LogP contribution in [0.25, 0.3) is 11.4 Å². The number of benzene rings is 2. The number of ether oxygens (including phenoxy) is 4. The van der Waals surface area contributed by atoms with Crippen LogP contribution in [0.1, 0.15) is 12.8 Å². The monoisotopic (exact) mass is 496 g/mol. The van der Waals surface area contributed by atoms with Crippen LogP contribution in [0.5, 0.6) is 17.2 Å². The summed E-state index contributed by atoms with van der Waals surface area (Å²) in [5.74, 6) is 3.06. The van der Waals surface area contributed by atoms with Gasteiger partial charge in [-0.2, -0.15) is 0 Å². The van der Waals surface area contributed by atoms with Gasteiger partial charge < -0.3 is 24.3 Å². The van der Waals surface area contributed by atoms with E-state index in [-0.39, 0.29) is 23.9 Å². The molecule has 0 aliphatic carbocycles. The Kier molecular flexibility index (Phi) is 7.39. The average molecular weight is 497 g/mol. The molecule has 10 heteroatoms. The van der Waals surface area contributed by atoms with Crippen molar-refractivity contribution in [2.24, 2.45) is 0 Å². The summed E-state index contributed by atoms with van der Waals surface area (Å²) < 4.78 is 24.8. The highest BCUT2D eigenvalue weighted by molar-refractivity contribution is 7.99. The molecule has 2 aromatic carbocycles. The van der Waals surface area contributed by atoms with E-state index in [1.165, 1.54) is 11.8 Å². The fraction of sp³-hybridized carbons (Fsp3) is 0.400. The molecule has 1 aromatic heterocycles. The van der Waals surface area contributed by atoms with Crippen LogP contribution in [0.4, 0.5) is 0 Å². The molecule has 1 N–H and O–H groups in total. The maximum Gasteiger partial charge on any atom is 0.230 e. The first-order valence-electron chi connectivity index (χ1n) is 11.7. The van der Waals surface area contributed by atoms with Gasteiger partial charge >= 0.3 is 0 Å². The smallest absolute Gasteiger partial charge is 0.230 e. The fourth-order valence-electron chi connectivity index (χ4n) is 4.08. The lowest BCUT2D eigenvalue weighted by Gasteiger charge is -2.26. The molecule has 0 spiro atoms. The minimum Gasteiger partial charge on any atom is -0.497 e. The zero-order valence-corrected chi connectivity index (χ0v) is 20.3. The Morgan fingerprint density at radius 2 is 1.97 bits per heavy atom. The number of nitrogens with one attached hydrogen (secondary N) is 1. The number of fused-ring (bicyclic) bond motifs is 1. The molecule has 1 fully saturated rings. The lowest BCUT2D eigenvalue weighted by molar-refractivity contribution is -0.119. The molecule has 0 saturated carbocycles. The maximum atomic E-state index is 12.6. The first kappa shape index (κ1) is 23.5. The predicted octanol–water partition coefficient (Wildman–Crippen LogP) is 3.18. The summed E-state index contributed by atoms with van der Waals surface area (Å²) in [5, 5.41) is 12.4. The minimum absolute atomic E-state index is 0.102. The van der Waals surface area contributed by atoms with Crippen LogP contribution in [0.3, 0.4) is 0 Å². The van der Waals surface area contributed by atoms with E-state index in [4.69, 9.17) is 18.9 Å². The van der Waals surface area contributed by atoms with Crippen LogP contribution < -0.4 is 19.5 Å². The zero-order chi connectivity index (χ0) is 24.0. The van der Waals surface area contributed by atoms with Crippen LogP contribution in [0.2, 0.25) is 0 Å². The maximum absolute atomic E-state index is 12.6. The second-order valence-corrected chi connectivity index (χ2v) is 9.31. The van der Waals surface area contributed by atoms with Gasteiger partial charge in [0, 0.05) is 12.2 Å². The topological polar surface area (TPSA) is 96.7 Å². The standard InChI is InChI=1S/C25H28N4O5S/c1-31-18-10-8-17(9-11-18)24-27-28-25(29(24)14-19-5-4-12-32-19)35-16-23(30)26-13-20-15-33-21-6-2-3-7-22(21)34-20/h2-3,6-11,19-20H,4-5,12-16H2,1H3,(H,26,30). The van der Waals surface area contributed by atoms with Gasteiger partial charge in [0.2, 0.25) is 5.91 Å². The summed E-state index contributed by atoms with van der Waals surface area (Å²) in [5.41, 5.74) is 0.933. The molecule has 0 bridgehead atoms. The number of aromatic nitrogens is 3. The molecule has 0 radical (unpaired) electrons. The SMILES string of the molecule is COc1ccc(-c2nnc(SCC(=O)NCC3COc4ccccc4O3)n2CC2CCCO2)cc1. The van der Waals surface area contributed by atoms with Crippen LogP contribution in [0, 0.1) is 0 Å². The molecule has 2 aliphatic rings.